The van der Waals surface area contributed by atoms with Crippen molar-refractivity contribution in [1.82, 2.24) is 9.80 Å². The number of rotatable bonds is 8. The number of aliphatic hydroxyl groups excluding tert-OH is 1. The van der Waals surface area contributed by atoms with Crippen LogP contribution in [0, 0.1) is 0 Å². The van der Waals surface area contributed by atoms with Gasteiger partial charge in [0.2, 0.25) is 0 Å². The Morgan fingerprint density at radius 1 is 1.28 bits per heavy atom. The Hall–Kier alpha value is -1.43. The molecule has 1 aliphatic rings. The average molecular weight is 348 g/mol. The van der Waals surface area contributed by atoms with Crippen LogP contribution >= 0.6 is 0 Å². The van der Waals surface area contributed by atoms with Crippen molar-refractivity contribution < 1.29 is 15.0 Å². The Labute approximate surface area is 151 Å². The van der Waals surface area contributed by atoms with E-state index in [-0.39, 0.29) is 12.5 Å². The van der Waals surface area contributed by atoms with Crippen molar-refractivity contribution in [2.24, 2.45) is 0 Å². The van der Waals surface area contributed by atoms with Crippen molar-refractivity contribution in [3.63, 3.8) is 0 Å². The largest absolute Gasteiger partial charge is 0.396 e. The van der Waals surface area contributed by atoms with Crippen molar-refractivity contribution in [2.75, 3.05) is 33.3 Å². The van der Waals surface area contributed by atoms with Gasteiger partial charge in [0, 0.05) is 32.8 Å². The van der Waals surface area contributed by atoms with Gasteiger partial charge in [-0.25, -0.2) is 0 Å². The number of nitrogens with zero attached hydrogens (tertiary/aromatic N) is 2. The van der Waals surface area contributed by atoms with Crippen LogP contribution in [0.2, 0.25) is 0 Å². The summed E-state index contributed by atoms with van der Waals surface area (Å²) in [6.45, 7) is 6.66. The second-order valence-electron chi connectivity index (χ2n) is 7.57. The van der Waals surface area contributed by atoms with E-state index in [0.717, 1.165) is 12.0 Å². The second kappa shape index (κ2) is 8.79. The molecule has 0 aliphatic carbocycles. The van der Waals surface area contributed by atoms with Crippen molar-refractivity contribution in [1.29, 1.82) is 0 Å². The molecule has 0 saturated carbocycles. The summed E-state index contributed by atoms with van der Waals surface area (Å²) < 4.78 is 0. The van der Waals surface area contributed by atoms with Crippen molar-refractivity contribution in [2.45, 2.75) is 51.2 Å². The minimum Gasteiger partial charge on any atom is -0.396 e. The monoisotopic (exact) mass is 348 g/mol. The lowest BCUT2D eigenvalue weighted by atomic mass is 9.90. The molecule has 2 N–H and O–H groups in total. The van der Waals surface area contributed by atoms with E-state index < -0.39 is 5.60 Å². The molecular formula is C20H32N2O3. The molecule has 0 radical (unpaired) electrons. The SMILES string of the molecule is CC(C)c1ccc(CN2CCC[C@@](O)(CN(C)CCCO)C2=O)cc1. The summed E-state index contributed by atoms with van der Waals surface area (Å²) in [5, 5.41) is 19.8. The molecule has 1 saturated heterocycles. The van der Waals surface area contributed by atoms with E-state index in [1.165, 1.54) is 5.56 Å². The van der Waals surface area contributed by atoms with Gasteiger partial charge in [-0.3, -0.25) is 4.79 Å². The molecule has 5 heteroatoms. The van der Waals surface area contributed by atoms with Gasteiger partial charge in [0.25, 0.3) is 5.91 Å². The van der Waals surface area contributed by atoms with Crippen LogP contribution < -0.4 is 0 Å². The first kappa shape index (κ1) is 19.9. The summed E-state index contributed by atoms with van der Waals surface area (Å²) >= 11 is 0. The average Bonchev–Trinajstić information content (AvgIpc) is 2.58. The molecule has 1 aromatic carbocycles. The summed E-state index contributed by atoms with van der Waals surface area (Å²) in [6.07, 6.45) is 1.95. The summed E-state index contributed by atoms with van der Waals surface area (Å²) in [4.78, 5) is 16.5. The van der Waals surface area contributed by atoms with Crippen LogP contribution in [-0.2, 0) is 11.3 Å². The summed E-state index contributed by atoms with van der Waals surface area (Å²) in [7, 11) is 1.88. The van der Waals surface area contributed by atoms with E-state index in [1.807, 2.05) is 11.9 Å². The predicted molar refractivity (Wildman–Crippen MR) is 99.3 cm³/mol. The zero-order chi connectivity index (χ0) is 18.4. The third kappa shape index (κ3) is 5.27. The highest BCUT2D eigenvalue weighted by molar-refractivity contribution is 5.86. The van der Waals surface area contributed by atoms with E-state index in [9.17, 15) is 9.90 Å². The van der Waals surface area contributed by atoms with Crippen LogP contribution in [0.4, 0.5) is 0 Å². The number of aliphatic hydroxyl groups is 2. The van der Waals surface area contributed by atoms with Gasteiger partial charge in [0.15, 0.2) is 5.60 Å². The number of likely N-dealkylation sites (tertiary alicyclic amines) is 1. The number of benzene rings is 1. The zero-order valence-corrected chi connectivity index (χ0v) is 15.7. The molecule has 0 bridgehead atoms. The van der Waals surface area contributed by atoms with Gasteiger partial charge in [0.1, 0.15) is 0 Å². The third-order valence-electron chi connectivity index (χ3n) is 4.95. The van der Waals surface area contributed by atoms with Crippen molar-refractivity contribution in [3.05, 3.63) is 35.4 Å². The van der Waals surface area contributed by atoms with Crippen LogP contribution in [-0.4, -0.2) is 64.8 Å². The quantitative estimate of drug-likeness (QED) is 0.754. The minimum absolute atomic E-state index is 0.120. The van der Waals surface area contributed by atoms with Gasteiger partial charge in [-0.15, -0.1) is 0 Å². The molecule has 1 amide bonds. The van der Waals surface area contributed by atoms with Crippen LogP contribution in [0.25, 0.3) is 0 Å². The van der Waals surface area contributed by atoms with Crippen LogP contribution in [0.1, 0.15) is 50.2 Å². The number of amides is 1. The van der Waals surface area contributed by atoms with E-state index in [1.54, 1.807) is 4.90 Å². The molecule has 1 atom stereocenters. The Kier molecular flexibility index (Phi) is 6.99. The van der Waals surface area contributed by atoms with Gasteiger partial charge in [-0.1, -0.05) is 38.1 Å². The molecule has 25 heavy (non-hydrogen) atoms. The maximum Gasteiger partial charge on any atom is 0.256 e. The number of carbonyl (C=O) groups excluding carboxylic acids is 1. The van der Waals surface area contributed by atoms with Gasteiger partial charge < -0.3 is 20.0 Å². The van der Waals surface area contributed by atoms with Gasteiger partial charge in [-0.2, -0.15) is 0 Å². The number of hydrogen-bond donors (Lipinski definition) is 2. The third-order valence-corrected chi connectivity index (χ3v) is 4.95. The molecular weight excluding hydrogens is 316 g/mol. The Morgan fingerprint density at radius 2 is 1.96 bits per heavy atom. The Morgan fingerprint density at radius 3 is 2.56 bits per heavy atom. The topological polar surface area (TPSA) is 64.0 Å². The first-order valence-corrected chi connectivity index (χ1v) is 9.26. The number of carbonyl (C=O) groups is 1. The lowest BCUT2D eigenvalue weighted by Gasteiger charge is -2.40. The fraction of sp³-hybridized carbons (Fsp3) is 0.650. The summed E-state index contributed by atoms with van der Waals surface area (Å²) in [6, 6.07) is 8.37. The highest BCUT2D eigenvalue weighted by atomic mass is 16.3. The van der Waals surface area contributed by atoms with E-state index in [0.29, 0.717) is 44.9 Å². The molecule has 1 fully saturated rings. The first-order valence-electron chi connectivity index (χ1n) is 9.26. The molecule has 0 aromatic heterocycles. The Balaban J connectivity index is 2.00. The molecule has 140 valence electrons. The van der Waals surface area contributed by atoms with E-state index in [4.69, 9.17) is 5.11 Å². The standard InChI is InChI=1S/C20H32N2O3/c1-16(2)18-8-6-17(7-9-18)14-22-12-4-10-20(25,19(22)24)15-21(3)11-5-13-23/h6-9,16,23,25H,4-5,10-15H2,1-3H3/t20-/m1/s1. The number of piperidine rings is 1. The summed E-state index contributed by atoms with van der Waals surface area (Å²) in [5.74, 6) is 0.313. The lowest BCUT2D eigenvalue weighted by molar-refractivity contribution is -0.159. The normalized spacial score (nSPS) is 21.4. The van der Waals surface area contributed by atoms with Crippen molar-refractivity contribution >= 4 is 5.91 Å². The molecule has 0 unspecified atom stereocenters. The molecule has 1 heterocycles. The maximum absolute atomic E-state index is 12.8. The second-order valence-corrected chi connectivity index (χ2v) is 7.57. The van der Waals surface area contributed by atoms with Gasteiger partial charge in [0.05, 0.1) is 0 Å². The Bertz CT molecular complexity index is 559. The van der Waals surface area contributed by atoms with Crippen LogP contribution in [0.5, 0.6) is 0 Å². The van der Waals surface area contributed by atoms with Crippen molar-refractivity contribution in [3.8, 4) is 0 Å². The summed E-state index contributed by atoms with van der Waals surface area (Å²) in [5.41, 5.74) is 1.06. The molecule has 1 aromatic rings. The van der Waals surface area contributed by atoms with Gasteiger partial charge >= 0.3 is 0 Å². The van der Waals surface area contributed by atoms with E-state index >= 15 is 0 Å². The smallest absolute Gasteiger partial charge is 0.256 e. The molecule has 5 nitrogen and oxygen atoms in total. The van der Waals surface area contributed by atoms with Crippen LogP contribution in [0.15, 0.2) is 24.3 Å². The van der Waals surface area contributed by atoms with E-state index in [2.05, 4.69) is 38.1 Å². The molecule has 1 aliphatic heterocycles. The lowest BCUT2D eigenvalue weighted by Crippen LogP contribution is -2.58. The molecule has 2 rings (SSSR count). The van der Waals surface area contributed by atoms with Crippen LogP contribution in [0.3, 0.4) is 0 Å². The fourth-order valence-corrected chi connectivity index (χ4v) is 3.46. The number of likely N-dealkylation sites (N-methyl/N-ethyl adjacent to an activating group) is 1. The maximum atomic E-state index is 12.8. The fourth-order valence-electron chi connectivity index (χ4n) is 3.46. The minimum atomic E-state index is -1.32. The highest BCUT2D eigenvalue weighted by Crippen LogP contribution is 2.25. The molecule has 0 spiro atoms. The highest BCUT2D eigenvalue weighted by Gasteiger charge is 2.42. The zero-order valence-electron chi connectivity index (χ0n) is 15.7. The predicted octanol–water partition coefficient (Wildman–Crippen LogP) is 1.98. The number of hydrogen-bond acceptors (Lipinski definition) is 4. The van der Waals surface area contributed by atoms with Gasteiger partial charge in [-0.05, 0) is 43.4 Å². The first-order chi connectivity index (χ1) is 11.9.